The van der Waals surface area contributed by atoms with Gasteiger partial charge in [0.2, 0.25) is 0 Å². The zero-order valence-electron chi connectivity index (χ0n) is 12.7. The molecule has 1 aromatic carbocycles. The van der Waals surface area contributed by atoms with Crippen LogP contribution < -0.4 is 4.74 Å². The number of ether oxygens (including phenoxy) is 2. The first kappa shape index (κ1) is 15.6. The van der Waals surface area contributed by atoms with Crippen LogP contribution in [0.1, 0.15) is 45.8 Å². The smallest absolute Gasteiger partial charge is 0.124 e. The molecule has 0 saturated carbocycles. The lowest BCUT2D eigenvalue weighted by Gasteiger charge is -2.31. The number of methoxy groups -OCH3 is 1. The molecule has 1 N–H and O–H groups in total. The molecule has 1 heterocycles. The summed E-state index contributed by atoms with van der Waals surface area (Å²) in [5, 5.41) is 11.4. The molecule has 3 nitrogen and oxygen atoms in total. The third-order valence-electron chi connectivity index (χ3n) is 4.04. The van der Waals surface area contributed by atoms with Gasteiger partial charge >= 0.3 is 0 Å². The van der Waals surface area contributed by atoms with Gasteiger partial charge in [-0.2, -0.15) is 0 Å². The van der Waals surface area contributed by atoms with E-state index in [1.165, 1.54) is 0 Å². The lowest BCUT2D eigenvalue weighted by atomic mass is 9.80. The largest absolute Gasteiger partial charge is 0.496 e. The zero-order valence-corrected chi connectivity index (χ0v) is 13.5. The molecule has 1 saturated heterocycles. The van der Waals surface area contributed by atoms with Gasteiger partial charge in [0.1, 0.15) is 5.75 Å². The van der Waals surface area contributed by atoms with Gasteiger partial charge in [0, 0.05) is 16.5 Å². The standard InChI is InChI=1S/C16H23ClO3/c1-15(2)9-12(16(3,4)20-15)14(18)11-8-10(17)6-7-13(11)19-5/h6-8,12,14,18H,9H2,1-5H3. The number of aliphatic hydroxyl groups excluding tert-OH is 1. The normalized spacial score (nSPS) is 25.4. The molecule has 2 atom stereocenters. The van der Waals surface area contributed by atoms with E-state index in [0.717, 1.165) is 12.0 Å². The molecule has 0 bridgehead atoms. The lowest BCUT2D eigenvalue weighted by Crippen LogP contribution is -2.32. The average Bonchev–Trinajstić information content (AvgIpc) is 2.56. The summed E-state index contributed by atoms with van der Waals surface area (Å²) in [5.41, 5.74) is 0.0939. The number of aliphatic hydroxyl groups is 1. The van der Waals surface area contributed by atoms with Crippen molar-refractivity contribution in [3.05, 3.63) is 28.8 Å². The Kier molecular flexibility index (Phi) is 4.07. The maximum atomic E-state index is 10.8. The number of benzene rings is 1. The number of halogens is 1. The molecular formula is C16H23ClO3. The topological polar surface area (TPSA) is 38.7 Å². The van der Waals surface area contributed by atoms with Gasteiger partial charge in [-0.3, -0.25) is 0 Å². The molecule has 0 spiro atoms. The summed E-state index contributed by atoms with van der Waals surface area (Å²) in [6.45, 7) is 8.15. The Balaban J connectivity index is 2.36. The zero-order chi connectivity index (χ0) is 15.1. The summed E-state index contributed by atoms with van der Waals surface area (Å²) < 4.78 is 11.4. The van der Waals surface area contributed by atoms with Gasteiger partial charge < -0.3 is 14.6 Å². The van der Waals surface area contributed by atoms with Gasteiger partial charge in [-0.15, -0.1) is 0 Å². The number of hydrogen-bond donors (Lipinski definition) is 1. The second kappa shape index (κ2) is 5.21. The highest BCUT2D eigenvalue weighted by Crippen LogP contribution is 2.49. The highest BCUT2D eigenvalue weighted by atomic mass is 35.5. The number of hydrogen-bond acceptors (Lipinski definition) is 3. The van der Waals surface area contributed by atoms with Crippen LogP contribution in [-0.2, 0) is 4.74 Å². The second-order valence-electron chi connectivity index (χ2n) is 6.61. The van der Waals surface area contributed by atoms with E-state index in [4.69, 9.17) is 21.1 Å². The summed E-state index contributed by atoms with van der Waals surface area (Å²) >= 11 is 6.05. The molecule has 0 aromatic heterocycles. The minimum atomic E-state index is -0.666. The average molecular weight is 299 g/mol. The van der Waals surface area contributed by atoms with Gasteiger partial charge in [0.25, 0.3) is 0 Å². The molecule has 112 valence electrons. The Bertz CT molecular complexity index is 496. The van der Waals surface area contributed by atoms with E-state index in [9.17, 15) is 5.11 Å². The Morgan fingerprint density at radius 1 is 1.35 bits per heavy atom. The summed E-state index contributed by atoms with van der Waals surface area (Å²) in [6, 6.07) is 5.32. The molecular weight excluding hydrogens is 276 g/mol. The van der Waals surface area contributed by atoms with E-state index < -0.39 is 11.7 Å². The van der Waals surface area contributed by atoms with Crippen LogP contribution >= 0.6 is 11.6 Å². The van der Waals surface area contributed by atoms with Crippen molar-refractivity contribution in [2.75, 3.05) is 7.11 Å². The fraction of sp³-hybridized carbons (Fsp3) is 0.625. The second-order valence-corrected chi connectivity index (χ2v) is 7.04. The van der Waals surface area contributed by atoms with Gasteiger partial charge in [-0.05, 0) is 52.3 Å². The Morgan fingerprint density at radius 2 is 2.00 bits per heavy atom. The molecule has 0 amide bonds. The third kappa shape index (κ3) is 2.95. The highest BCUT2D eigenvalue weighted by molar-refractivity contribution is 6.30. The van der Waals surface area contributed by atoms with E-state index in [2.05, 4.69) is 13.8 Å². The van der Waals surface area contributed by atoms with Crippen LogP contribution in [0.25, 0.3) is 0 Å². The Labute approximate surface area is 125 Å². The van der Waals surface area contributed by atoms with Crippen LogP contribution in [-0.4, -0.2) is 23.4 Å². The van der Waals surface area contributed by atoms with E-state index >= 15 is 0 Å². The van der Waals surface area contributed by atoms with Crippen molar-refractivity contribution < 1.29 is 14.6 Å². The Morgan fingerprint density at radius 3 is 2.50 bits per heavy atom. The van der Waals surface area contributed by atoms with Gasteiger partial charge in [-0.1, -0.05) is 11.6 Å². The quantitative estimate of drug-likeness (QED) is 0.917. The minimum Gasteiger partial charge on any atom is -0.496 e. The molecule has 1 aromatic rings. The predicted molar refractivity (Wildman–Crippen MR) is 80.3 cm³/mol. The van der Waals surface area contributed by atoms with Crippen molar-refractivity contribution in [1.82, 2.24) is 0 Å². The molecule has 1 fully saturated rings. The number of rotatable bonds is 3. The third-order valence-corrected chi connectivity index (χ3v) is 4.27. The first-order valence-electron chi connectivity index (χ1n) is 6.88. The predicted octanol–water partition coefficient (Wildman–Crippen LogP) is 3.98. The van der Waals surface area contributed by atoms with Gasteiger partial charge in [0.15, 0.2) is 0 Å². The minimum absolute atomic E-state index is 0.00938. The van der Waals surface area contributed by atoms with Crippen LogP contribution in [0.5, 0.6) is 5.75 Å². The van der Waals surface area contributed by atoms with Crippen LogP contribution in [0, 0.1) is 5.92 Å². The van der Waals surface area contributed by atoms with Crippen LogP contribution in [0.15, 0.2) is 18.2 Å². The Hall–Kier alpha value is -0.770. The van der Waals surface area contributed by atoms with Gasteiger partial charge in [-0.25, -0.2) is 0 Å². The van der Waals surface area contributed by atoms with Gasteiger partial charge in [0.05, 0.1) is 24.4 Å². The molecule has 2 unspecified atom stereocenters. The van der Waals surface area contributed by atoms with Crippen molar-refractivity contribution in [3.63, 3.8) is 0 Å². The van der Waals surface area contributed by atoms with Crippen molar-refractivity contribution >= 4 is 11.6 Å². The lowest BCUT2D eigenvalue weighted by molar-refractivity contribution is -0.0881. The maximum absolute atomic E-state index is 10.8. The molecule has 0 aliphatic carbocycles. The van der Waals surface area contributed by atoms with E-state index in [1.54, 1.807) is 25.3 Å². The molecule has 4 heteroatoms. The maximum Gasteiger partial charge on any atom is 0.124 e. The molecule has 1 aliphatic rings. The van der Waals surface area contributed by atoms with E-state index in [1.807, 2.05) is 13.8 Å². The SMILES string of the molecule is COc1ccc(Cl)cc1C(O)C1CC(C)(C)OC1(C)C. The van der Waals surface area contributed by atoms with E-state index in [0.29, 0.717) is 10.8 Å². The summed E-state index contributed by atoms with van der Waals surface area (Å²) in [6.07, 6.45) is 0.122. The fourth-order valence-corrected chi connectivity index (χ4v) is 3.43. The van der Waals surface area contributed by atoms with Crippen LogP contribution in [0.2, 0.25) is 5.02 Å². The molecule has 0 radical (unpaired) electrons. The molecule has 1 aliphatic heterocycles. The highest BCUT2D eigenvalue weighted by Gasteiger charge is 2.49. The monoisotopic (exact) mass is 298 g/mol. The van der Waals surface area contributed by atoms with E-state index in [-0.39, 0.29) is 11.5 Å². The van der Waals surface area contributed by atoms with Crippen LogP contribution in [0.4, 0.5) is 0 Å². The van der Waals surface area contributed by atoms with Crippen molar-refractivity contribution in [3.8, 4) is 5.75 Å². The summed E-state index contributed by atoms with van der Waals surface area (Å²) in [4.78, 5) is 0. The molecule has 20 heavy (non-hydrogen) atoms. The van der Waals surface area contributed by atoms with Crippen LogP contribution in [0.3, 0.4) is 0 Å². The van der Waals surface area contributed by atoms with Crippen molar-refractivity contribution in [2.24, 2.45) is 5.92 Å². The van der Waals surface area contributed by atoms with Crippen molar-refractivity contribution in [2.45, 2.75) is 51.4 Å². The van der Waals surface area contributed by atoms with Crippen molar-refractivity contribution in [1.29, 1.82) is 0 Å². The fourth-order valence-electron chi connectivity index (χ4n) is 3.25. The molecule has 2 rings (SSSR count). The first-order chi connectivity index (χ1) is 9.16. The first-order valence-corrected chi connectivity index (χ1v) is 7.26. The summed E-state index contributed by atoms with van der Waals surface area (Å²) in [5.74, 6) is 0.646. The summed E-state index contributed by atoms with van der Waals surface area (Å²) in [7, 11) is 1.60.